The summed E-state index contributed by atoms with van der Waals surface area (Å²) < 4.78 is 31.9. The number of ether oxygens (including phenoxy) is 1. The molecule has 2 rings (SSSR count). The Morgan fingerprint density at radius 3 is 2.91 bits per heavy atom. The molecule has 1 aromatic rings. The third-order valence-corrected chi connectivity index (χ3v) is 3.88. The monoisotopic (exact) mass is 439 g/mol. The predicted molar refractivity (Wildman–Crippen MR) is 98.4 cm³/mol. The van der Waals surface area contributed by atoms with E-state index in [1.165, 1.54) is 6.07 Å². The van der Waals surface area contributed by atoms with Crippen LogP contribution in [0.25, 0.3) is 0 Å². The number of nitrogens with zero attached hydrogens (tertiary/aromatic N) is 2. The lowest BCUT2D eigenvalue weighted by Crippen LogP contribution is -2.41. The molecule has 0 aromatic heterocycles. The summed E-state index contributed by atoms with van der Waals surface area (Å²) in [5, 5.41) is 3.22. The van der Waals surface area contributed by atoms with Gasteiger partial charge in [0.25, 0.3) is 0 Å². The second-order valence-electron chi connectivity index (χ2n) is 5.52. The van der Waals surface area contributed by atoms with Crippen molar-refractivity contribution in [1.82, 2.24) is 10.2 Å². The molecule has 1 aliphatic rings. The molecule has 1 fully saturated rings. The van der Waals surface area contributed by atoms with E-state index in [-0.39, 0.29) is 29.8 Å². The van der Waals surface area contributed by atoms with E-state index in [1.807, 2.05) is 0 Å². The second-order valence-corrected chi connectivity index (χ2v) is 5.52. The van der Waals surface area contributed by atoms with Crippen LogP contribution in [-0.2, 0) is 11.2 Å². The highest BCUT2D eigenvalue weighted by molar-refractivity contribution is 14.0. The third-order valence-electron chi connectivity index (χ3n) is 3.88. The minimum Gasteiger partial charge on any atom is -0.384 e. The van der Waals surface area contributed by atoms with Gasteiger partial charge >= 0.3 is 0 Å². The molecule has 0 saturated carbocycles. The van der Waals surface area contributed by atoms with Crippen LogP contribution in [0.15, 0.2) is 23.2 Å². The Balaban J connectivity index is 0.00000264. The van der Waals surface area contributed by atoms with E-state index >= 15 is 0 Å². The Bertz CT molecular complexity index is 528. The number of guanidine groups is 1. The molecule has 1 aromatic carbocycles. The maximum Gasteiger partial charge on any atom is 0.193 e. The van der Waals surface area contributed by atoms with E-state index in [2.05, 4.69) is 15.2 Å². The van der Waals surface area contributed by atoms with Crippen molar-refractivity contribution in [3.63, 3.8) is 0 Å². The van der Waals surface area contributed by atoms with Crippen molar-refractivity contribution in [3.8, 4) is 0 Å². The Kier molecular flexibility index (Phi) is 8.75. The Labute approximate surface area is 153 Å². The summed E-state index contributed by atoms with van der Waals surface area (Å²) in [5.41, 5.74) is 0.377. The van der Waals surface area contributed by atoms with Crippen molar-refractivity contribution in [2.24, 2.45) is 10.9 Å². The number of nitrogens with one attached hydrogen (secondary N) is 1. The average Bonchev–Trinajstić information content (AvgIpc) is 2.96. The first-order valence-corrected chi connectivity index (χ1v) is 7.52. The lowest BCUT2D eigenvalue weighted by Gasteiger charge is -2.21. The highest BCUT2D eigenvalue weighted by Crippen LogP contribution is 2.16. The summed E-state index contributed by atoms with van der Waals surface area (Å²) in [6.07, 6.45) is 1.49. The predicted octanol–water partition coefficient (Wildman–Crippen LogP) is 2.67. The van der Waals surface area contributed by atoms with Gasteiger partial charge in [-0.15, -0.1) is 24.0 Å². The molecule has 0 aliphatic carbocycles. The van der Waals surface area contributed by atoms with Gasteiger partial charge in [-0.3, -0.25) is 4.99 Å². The smallest absolute Gasteiger partial charge is 0.193 e. The number of likely N-dealkylation sites (tertiary alicyclic amines) is 1. The Morgan fingerprint density at radius 1 is 1.43 bits per heavy atom. The molecule has 23 heavy (non-hydrogen) atoms. The van der Waals surface area contributed by atoms with E-state index in [0.717, 1.165) is 44.2 Å². The van der Waals surface area contributed by atoms with Crippen LogP contribution in [0.2, 0.25) is 0 Å². The second kappa shape index (κ2) is 10.0. The number of hydrogen-bond donors (Lipinski definition) is 1. The van der Waals surface area contributed by atoms with Crippen molar-refractivity contribution in [1.29, 1.82) is 0 Å². The fourth-order valence-electron chi connectivity index (χ4n) is 2.77. The minimum atomic E-state index is -0.414. The summed E-state index contributed by atoms with van der Waals surface area (Å²) in [6.45, 7) is 3.10. The average molecular weight is 439 g/mol. The third kappa shape index (κ3) is 5.87. The molecule has 0 bridgehead atoms. The van der Waals surface area contributed by atoms with Crippen LogP contribution < -0.4 is 5.32 Å². The molecule has 130 valence electrons. The number of methoxy groups -OCH3 is 1. The maximum atomic E-state index is 13.6. The van der Waals surface area contributed by atoms with Gasteiger partial charge in [-0.1, -0.05) is 0 Å². The van der Waals surface area contributed by atoms with Gasteiger partial charge in [0.15, 0.2) is 5.96 Å². The zero-order chi connectivity index (χ0) is 15.9. The number of aliphatic imine (C=N–C) groups is 1. The van der Waals surface area contributed by atoms with Crippen LogP contribution in [0.5, 0.6) is 0 Å². The molecule has 0 amide bonds. The highest BCUT2D eigenvalue weighted by atomic mass is 127. The topological polar surface area (TPSA) is 36.9 Å². The van der Waals surface area contributed by atoms with Crippen molar-refractivity contribution in [2.75, 3.05) is 40.4 Å². The number of benzene rings is 1. The van der Waals surface area contributed by atoms with Crippen molar-refractivity contribution in [3.05, 3.63) is 35.4 Å². The van der Waals surface area contributed by atoms with Gasteiger partial charge in [0.05, 0.1) is 6.61 Å². The molecular formula is C16H24F2IN3O. The molecule has 0 radical (unpaired) electrons. The Morgan fingerprint density at radius 2 is 2.22 bits per heavy atom. The molecule has 1 heterocycles. The lowest BCUT2D eigenvalue weighted by atomic mass is 10.1. The Hall–Kier alpha value is -0.960. The van der Waals surface area contributed by atoms with E-state index < -0.39 is 5.82 Å². The summed E-state index contributed by atoms with van der Waals surface area (Å²) in [7, 11) is 3.44. The van der Waals surface area contributed by atoms with E-state index in [4.69, 9.17) is 4.74 Å². The SMILES string of the molecule is CN=C(NCCc1cc(F)ccc1F)N1CCC(COC)C1.I. The fourth-order valence-corrected chi connectivity index (χ4v) is 2.77. The first-order chi connectivity index (χ1) is 10.6. The fraction of sp³-hybridized carbons (Fsp3) is 0.562. The molecular weight excluding hydrogens is 415 g/mol. The number of hydrogen-bond acceptors (Lipinski definition) is 2. The highest BCUT2D eigenvalue weighted by Gasteiger charge is 2.24. The molecule has 4 nitrogen and oxygen atoms in total. The molecule has 1 N–H and O–H groups in total. The van der Waals surface area contributed by atoms with Gasteiger partial charge < -0.3 is 15.0 Å². The van der Waals surface area contributed by atoms with E-state index in [9.17, 15) is 8.78 Å². The van der Waals surface area contributed by atoms with Crippen LogP contribution >= 0.6 is 24.0 Å². The van der Waals surface area contributed by atoms with Gasteiger partial charge in [0, 0.05) is 39.7 Å². The largest absolute Gasteiger partial charge is 0.384 e. The quantitative estimate of drug-likeness (QED) is 0.436. The first-order valence-electron chi connectivity index (χ1n) is 7.52. The lowest BCUT2D eigenvalue weighted by molar-refractivity contribution is 0.157. The summed E-state index contributed by atoms with van der Waals surface area (Å²) in [4.78, 5) is 6.43. The van der Waals surface area contributed by atoms with E-state index in [1.54, 1.807) is 14.2 Å². The maximum absolute atomic E-state index is 13.6. The molecule has 1 atom stereocenters. The zero-order valence-corrected chi connectivity index (χ0v) is 15.8. The summed E-state index contributed by atoms with van der Waals surface area (Å²) >= 11 is 0. The normalized spacial score (nSPS) is 18.0. The molecule has 7 heteroatoms. The van der Waals surface area contributed by atoms with E-state index in [0.29, 0.717) is 24.4 Å². The van der Waals surface area contributed by atoms with Gasteiger partial charge in [-0.05, 0) is 36.6 Å². The van der Waals surface area contributed by atoms with Crippen LogP contribution in [-0.4, -0.2) is 51.3 Å². The first kappa shape index (κ1) is 20.1. The van der Waals surface area contributed by atoms with Gasteiger partial charge in [0.1, 0.15) is 11.6 Å². The van der Waals surface area contributed by atoms with Crippen LogP contribution in [0.4, 0.5) is 8.78 Å². The molecule has 1 unspecified atom stereocenters. The number of halogens is 3. The van der Waals surface area contributed by atoms with Gasteiger partial charge in [-0.2, -0.15) is 0 Å². The van der Waals surface area contributed by atoms with Crippen LogP contribution in [0.3, 0.4) is 0 Å². The van der Waals surface area contributed by atoms with Crippen molar-refractivity contribution in [2.45, 2.75) is 12.8 Å². The van der Waals surface area contributed by atoms with Crippen molar-refractivity contribution >= 4 is 29.9 Å². The minimum absolute atomic E-state index is 0. The zero-order valence-electron chi connectivity index (χ0n) is 13.5. The molecule has 1 saturated heterocycles. The van der Waals surface area contributed by atoms with Gasteiger partial charge in [-0.25, -0.2) is 8.78 Å². The summed E-state index contributed by atoms with van der Waals surface area (Å²) in [6, 6.07) is 3.53. The van der Waals surface area contributed by atoms with Crippen LogP contribution in [0.1, 0.15) is 12.0 Å². The van der Waals surface area contributed by atoms with Crippen molar-refractivity contribution < 1.29 is 13.5 Å². The molecule has 1 aliphatic heterocycles. The van der Waals surface area contributed by atoms with Crippen LogP contribution in [0, 0.1) is 17.6 Å². The molecule has 0 spiro atoms. The van der Waals surface area contributed by atoms with Gasteiger partial charge in [0.2, 0.25) is 0 Å². The number of rotatable bonds is 5. The summed E-state index contributed by atoms with van der Waals surface area (Å²) in [5.74, 6) is 0.530. The standard InChI is InChI=1S/C16H23F2N3O.HI/c1-19-16(21-8-6-12(10-21)11-22-2)20-7-5-13-9-14(17)3-4-15(13)18;/h3-4,9,12H,5-8,10-11H2,1-2H3,(H,19,20);1H.